The molecule has 0 amide bonds. The largest absolute Gasteiger partial charge is 1.00 e. The second-order valence-corrected chi connectivity index (χ2v) is 51.6. The van der Waals surface area contributed by atoms with Crippen molar-refractivity contribution in [2.24, 2.45) is 0 Å². The van der Waals surface area contributed by atoms with Gasteiger partial charge < -0.3 is 102 Å². The molecule has 24 heteroatoms. The van der Waals surface area contributed by atoms with Crippen LogP contribution in [0.5, 0.6) is 17.2 Å². The van der Waals surface area contributed by atoms with Gasteiger partial charge in [0.25, 0.3) is 0 Å². The normalized spacial score (nSPS) is 9.45. The Labute approximate surface area is 399 Å². The summed E-state index contributed by atoms with van der Waals surface area (Å²) in [6.07, 6.45) is 7.23. The first kappa shape index (κ1) is 72.3. The second-order valence-electron chi connectivity index (χ2n) is 11.3. The van der Waals surface area contributed by atoms with E-state index in [0.29, 0.717) is 0 Å². The predicted molar refractivity (Wildman–Crippen MR) is 279 cm³/mol. The van der Waals surface area contributed by atoms with Gasteiger partial charge in [0.1, 0.15) is 38.0 Å². The zero-order valence-corrected chi connectivity index (χ0v) is 52.0. The zero-order chi connectivity index (χ0) is 41.2. The van der Waals surface area contributed by atoms with E-state index in [9.17, 15) is 0 Å². The van der Waals surface area contributed by atoms with E-state index in [1.165, 1.54) is 17.9 Å². The molecule has 3 unspecified atom stereocenters. The third-order valence-corrected chi connectivity index (χ3v) is 8.68. The number of hydrogen-bond acceptors (Lipinski definition) is 7. The van der Waals surface area contributed by atoms with Gasteiger partial charge in [-0.05, 0) is 52.3 Å². The van der Waals surface area contributed by atoms with Crippen LogP contribution in [0.25, 0.3) is 0 Å². The molecule has 3 rings (SSSR count). The summed E-state index contributed by atoms with van der Waals surface area (Å²) >= 11 is 7.60. The molecule has 0 aliphatic rings. The van der Waals surface area contributed by atoms with E-state index in [0.717, 1.165) is 33.6 Å². The minimum atomic E-state index is -1.28. The minimum Gasteiger partial charge on any atom is -0.793 e. The van der Waals surface area contributed by atoms with Gasteiger partial charge >= 0.3 is 48.4 Å². The molecule has 0 saturated carbocycles. The Morgan fingerprint density at radius 3 is 1.23 bits per heavy atom. The van der Waals surface area contributed by atoms with E-state index in [2.05, 4.69) is 183 Å². The van der Waals surface area contributed by atoms with Crippen molar-refractivity contribution >= 4 is 157 Å². The molecule has 3 aromatic rings. The molecule has 1 N–H and O–H groups in total. The van der Waals surface area contributed by atoms with Crippen LogP contribution in [-0.2, 0) is 12.6 Å². The number of pyridine rings is 3. The van der Waals surface area contributed by atoms with E-state index < -0.39 is 16.1 Å². The Morgan fingerprint density at radius 2 is 1.04 bits per heavy atom. The summed E-state index contributed by atoms with van der Waals surface area (Å²) in [5, 5.41) is 11.3. The SMILES string of the molecule is CC[S-].COc1ccc(Br)nc1.COc1ccc([Si](C)(C)C)nc1.C[Si](C)(C)c1ccc(O)cn1.[CH2-]CCC.[Li+].[Na+].[PH-]P(P)P.[PH-]P([PH-])P.[PH-]P([PH-])[PH-]. The van der Waals surface area contributed by atoms with Crippen LogP contribution in [0.1, 0.15) is 26.7 Å². The molecular weight excluding hydrogens is 1010 g/mol. The topological polar surface area (TPSA) is 77.4 Å². The van der Waals surface area contributed by atoms with Gasteiger partial charge in [-0.2, -0.15) is 21.1 Å². The molecule has 0 fully saturated rings. The van der Waals surface area contributed by atoms with Gasteiger partial charge in [0, 0.05) is 10.6 Å². The van der Waals surface area contributed by atoms with Crippen molar-refractivity contribution in [3.63, 3.8) is 0 Å². The monoisotopic (exact) mass is 1070 g/mol. The fourth-order valence-electron chi connectivity index (χ4n) is 2.26. The molecular formula is C29H60BrLiN3NaO3P12SSi2-6. The Balaban J connectivity index is -0.0000000961. The number of hydrogen-bond donors (Lipinski definition) is 1. The van der Waals surface area contributed by atoms with Gasteiger partial charge in [-0.3, -0.25) is 9.97 Å². The van der Waals surface area contributed by atoms with Gasteiger partial charge in [-0.15, -0.1) is 17.9 Å². The van der Waals surface area contributed by atoms with Crippen LogP contribution in [0, 0.1) is 6.92 Å². The minimum absolute atomic E-state index is 0. The first-order chi connectivity index (χ1) is 23.4. The van der Waals surface area contributed by atoms with E-state index >= 15 is 0 Å². The Kier molecular flexibility index (Phi) is 65.4. The molecule has 6 nitrogen and oxygen atoms in total. The Morgan fingerprint density at radius 1 is 0.755 bits per heavy atom. The van der Waals surface area contributed by atoms with Crippen LogP contribution in [0.4, 0.5) is 0 Å². The van der Waals surface area contributed by atoms with Gasteiger partial charge in [0.15, 0.2) is 0 Å². The molecule has 298 valence electrons. The van der Waals surface area contributed by atoms with Crippen LogP contribution in [0.3, 0.4) is 0 Å². The molecule has 0 aliphatic heterocycles. The molecule has 0 bridgehead atoms. The molecule has 0 spiro atoms. The maximum atomic E-state index is 8.98. The number of halogens is 1. The van der Waals surface area contributed by atoms with Crippen molar-refractivity contribution < 1.29 is 63.0 Å². The van der Waals surface area contributed by atoms with Crippen molar-refractivity contribution in [3.8, 4) is 17.2 Å². The van der Waals surface area contributed by atoms with E-state index in [1.54, 1.807) is 32.7 Å². The van der Waals surface area contributed by atoms with Gasteiger partial charge in [0.2, 0.25) is 0 Å². The summed E-state index contributed by atoms with van der Waals surface area (Å²) in [4.78, 5) is 12.5. The van der Waals surface area contributed by atoms with Gasteiger partial charge in [-0.1, -0.05) is 59.6 Å². The standard InChI is InChI=1S/C9H15NOSi.C8H13NOSi.C6H6BrNO.C4H9.C2H6S.Li.Na.H5P4.H4P4.H3P4/c1-11-8-5-6-9(10-7-8)12(2,3)4;1-11(2,3)8-5-4-7(10)6-9-8;1-9-5-2-3-6(7)8-4-5;1-3-4-2;1-2-3;;;3*1-4(2)3/h5-7H,1-4H3;4-6,10H,1-3H3;2-4H,1H3;1,3-4H2,2H3;3H,2H2,1H3;;;1H,2-3H2;1-2H,3H2;1-3H/q;;;-1;;2*+1;-1;-2;-3/p-1. The number of methoxy groups -OCH3 is 2. The van der Waals surface area contributed by atoms with Crippen LogP contribution >= 0.6 is 117 Å². The molecule has 0 aromatic carbocycles. The number of aromatic nitrogens is 3. The zero-order valence-electron chi connectivity index (χ0n) is 33.5. The fourth-order valence-corrected chi connectivity index (χ4v) is 4.56. The average molecular weight is 1070 g/mol. The summed E-state index contributed by atoms with van der Waals surface area (Å²) < 4.78 is 10.7. The first-order valence-corrected chi connectivity index (χ1v) is 40.3. The quantitative estimate of drug-likeness (QED) is 0.0911. The van der Waals surface area contributed by atoms with Crippen molar-refractivity contribution in [1.29, 1.82) is 0 Å². The third kappa shape index (κ3) is 63.6. The molecule has 3 aromatic heterocycles. The Hall–Kier alpha value is 4.87. The van der Waals surface area contributed by atoms with Crippen LogP contribution < -0.4 is 68.5 Å². The summed E-state index contributed by atoms with van der Waals surface area (Å²) in [6.45, 7) is 20.9. The van der Waals surface area contributed by atoms with E-state index in [4.69, 9.17) is 14.6 Å². The maximum Gasteiger partial charge on any atom is 1.00 e. The maximum absolute atomic E-state index is 8.98. The first-order valence-electron chi connectivity index (χ1n) is 15.0. The van der Waals surface area contributed by atoms with Crippen molar-refractivity contribution in [2.45, 2.75) is 66.0 Å². The smallest absolute Gasteiger partial charge is 0.793 e. The van der Waals surface area contributed by atoms with Crippen molar-refractivity contribution in [2.75, 3.05) is 20.0 Å². The van der Waals surface area contributed by atoms with Crippen molar-refractivity contribution in [3.05, 3.63) is 66.5 Å². The van der Waals surface area contributed by atoms with Crippen molar-refractivity contribution in [1.82, 2.24) is 15.0 Å². The summed E-state index contributed by atoms with van der Waals surface area (Å²) in [6, 6.07) is 11.3. The third-order valence-electron chi connectivity index (χ3n) is 4.55. The number of aromatic hydroxyl groups is 1. The molecule has 3 atom stereocenters. The van der Waals surface area contributed by atoms with Crippen LogP contribution in [-0.4, -0.2) is 56.2 Å². The Bertz CT molecular complexity index is 1150. The molecule has 3 heterocycles. The predicted octanol–water partition coefficient (Wildman–Crippen LogP) is 8.12. The van der Waals surface area contributed by atoms with Crippen LogP contribution in [0.15, 0.2) is 59.6 Å². The molecule has 53 heavy (non-hydrogen) atoms. The second kappa shape index (κ2) is 47.9. The van der Waals surface area contributed by atoms with Gasteiger partial charge in [0.05, 0.1) is 32.8 Å². The number of rotatable bonds is 5. The average Bonchev–Trinajstić information content (AvgIpc) is 3.01. The van der Waals surface area contributed by atoms with Gasteiger partial charge in [-0.25, -0.2) is 12.0 Å². The summed E-state index contributed by atoms with van der Waals surface area (Å²) in [5.74, 6) is 2.68. The summed E-state index contributed by atoms with van der Waals surface area (Å²) in [5.41, 5.74) is 0. The number of nitrogens with zero attached hydrogens (tertiary/aromatic N) is 3. The fraction of sp³-hybridized carbons (Fsp3) is 0.448. The van der Waals surface area contributed by atoms with E-state index in [1.807, 2.05) is 31.2 Å². The molecule has 0 saturated heterocycles. The number of unbranched alkanes of at least 4 members (excludes halogenated alkanes) is 1. The van der Waals surface area contributed by atoms with Crippen LogP contribution in [0.2, 0.25) is 39.3 Å². The molecule has 0 aliphatic carbocycles. The molecule has 0 radical (unpaired) electrons. The summed E-state index contributed by atoms with van der Waals surface area (Å²) in [7, 11) is 27.9. The number of ether oxygens (including phenoxy) is 2. The van der Waals surface area contributed by atoms with E-state index in [-0.39, 0.29) is 75.1 Å².